The van der Waals surface area contributed by atoms with E-state index >= 15 is 0 Å². The van der Waals surface area contributed by atoms with Crippen LogP contribution in [0.25, 0.3) is 10.2 Å². The Kier molecular flexibility index (Phi) is 3.80. The molecule has 0 saturated carbocycles. The minimum absolute atomic E-state index is 0.221. The van der Waals surface area contributed by atoms with Crippen molar-refractivity contribution in [3.8, 4) is 0 Å². The average Bonchev–Trinajstić information content (AvgIpc) is 2.76. The first-order valence-electron chi connectivity index (χ1n) is 4.91. The van der Waals surface area contributed by atoms with Crippen molar-refractivity contribution >= 4 is 45.2 Å². The van der Waals surface area contributed by atoms with Crippen molar-refractivity contribution in [1.82, 2.24) is 9.97 Å². The van der Waals surface area contributed by atoms with E-state index in [0.29, 0.717) is 12.2 Å². The van der Waals surface area contributed by atoms with Crippen LogP contribution in [0.5, 0.6) is 0 Å². The molecule has 0 atom stereocenters. The van der Waals surface area contributed by atoms with Crippen molar-refractivity contribution in [2.45, 2.75) is 11.4 Å². The van der Waals surface area contributed by atoms with E-state index in [-0.39, 0.29) is 11.9 Å². The fourth-order valence-corrected chi connectivity index (χ4v) is 3.06. The molecule has 2 aromatic heterocycles. The van der Waals surface area contributed by atoms with Crippen LogP contribution in [0.4, 0.5) is 5.95 Å². The normalized spacial score (nSPS) is 10.6. The Morgan fingerprint density at radius 1 is 1.59 bits per heavy atom. The zero-order valence-corrected chi connectivity index (χ0v) is 10.8. The summed E-state index contributed by atoms with van der Waals surface area (Å²) >= 11 is 3.01. The SMILES string of the molecule is COC(=O)CCSc1nc(N)nc2sccc12. The highest BCUT2D eigenvalue weighted by molar-refractivity contribution is 7.99. The second-order valence-corrected chi connectivity index (χ2v) is 5.18. The number of carbonyl (C=O) groups excluding carboxylic acids is 1. The summed E-state index contributed by atoms with van der Waals surface area (Å²) < 4.78 is 4.58. The maximum absolute atomic E-state index is 11.0. The van der Waals surface area contributed by atoms with Crippen LogP contribution in [-0.2, 0) is 9.53 Å². The van der Waals surface area contributed by atoms with Gasteiger partial charge in [0.25, 0.3) is 0 Å². The Morgan fingerprint density at radius 2 is 2.41 bits per heavy atom. The molecule has 90 valence electrons. The van der Waals surface area contributed by atoms with Crippen LogP contribution < -0.4 is 5.73 Å². The van der Waals surface area contributed by atoms with Crippen LogP contribution >= 0.6 is 23.1 Å². The van der Waals surface area contributed by atoms with Gasteiger partial charge in [-0.1, -0.05) is 0 Å². The molecular formula is C10H11N3O2S2. The Morgan fingerprint density at radius 3 is 3.18 bits per heavy atom. The van der Waals surface area contributed by atoms with E-state index in [9.17, 15) is 4.79 Å². The minimum Gasteiger partial charge on any atom is -0.469 e. The Hall–Kier alpha value is -1.34. The number of nitrogens with zero attached hydrogens (tertiary/aromatic N) is 2. The minimum atomic E-state index is -0.221. The van der Waals surface area contributed by atoms with Gasteiger partial charge in [-0.25, -0.2) is 9.97 Å². The molecule has 7 heteroatoms. The lowest BCUT2D eigenvalue weighted by Gasteiger charge is -2.02. The molecule has 0 unspecified atom stereocenters. The number of hydrogen-bond donors (Lipinski definition) is 1. The second-order valence-electron chi connectivity index (χ2n) is 3.20. The lowest BCUT2D eigenvalue weighted by Crippen LogP contribution is -2.02. The molecule has 2 aromatic rings. The maximum atomic E-state index is 11.0. The summed E-state index contributed by atoms with van der Waals surface area (Å²) in [5, 5.41) is 3.75. The first-order valence-corrected chi connectivity index (χ1v) is 6.77. The summed E-state index contributed by atoms with van der Waals surface area (Å²) in [5.74, 6) is 0.662. The number of aromatic nitrogens is 2. The zero-order chi connectivity index (χ0) is 12.3. The predicted octanol–water partition coefficient (Wildman–Crippen LogP) is 1.93. The van der Waals surface area contributed by atoms with Crippen molar-refractivity contribution < 1.29 is 9.53 Å². The van der Waals surface area contributed by atoms with Crippen LogP contribution in [0.2, 0.25) is 0 Å². The summed E-state index contributed by atoms with van der Waals surface area (Å²) in [6, 6.07) is 1.96. The number of thiophene rings is 1. The molecule has 0 aliphatic rings. The molecule has 2 N–H and O–H groups in total. The summed E-state index contributed by atoms with van der Waals surface area (Å²) in [4.78, 5) is 20.2. The largest absolute Gasteiger partial charge is 0.469 e. The van der Waals surface area contributed by atoms with Gasteiger partial charge in [0.05, 0.1) is 13.5 Å². The van der Waals surface area contributed by atoms with E-state index in [2.05, 4.69) is 14.7 Å². The van der Waals surface area contributed by atoms with Crippen LogP contribution in [-0.4, -0.2) is 28.8 Å². The number of carbonyl (C=O) groups is 1. The van der Waals surface area contributed by atoms with Gasteiger partial charge in [0.15, 0.2) is 0 Å². The van der Waals surface area contributed by atoms with E-state index in [1.54, 1.807) is 0 Å². The van der Waals surface area contributed by atoms with Crippen molar-refractivity contribution in [1.29, 1.82) is 0 Å². The Labute approximate surface area is 106 Å². The van der Waals surface area contributed by atoms with Gasteiger partial charge in [-0.05, 0) is 11.4 Å². The van der Waals surface area contributed by atoms with E-state index in [1.165, 1.54) is 30.2 Å². The zero-order valence-electron chi connectivity index (χ0n) is 9.17. The van der Waals surface area contributed by atoms with Gasteiger partial charge in [0, 0.05) is 11.1 Å². The molecule has 17 heavy (non-hydrogen) atoms. The van der Waals surface area contributed by atoms with E-state index in [4.69, 9.17) is 5.73 Å². The first-order chi connectivity index (χ1) is 8.20. The fourth-order valence-electron chi connectivity index (χ4n) is 1.29. The molecule has 5 nitrogen and oxygen atoms in total. The number of anilines is 1. The number of hydrogen-bond acceptors (Lipinski definition) is 7. The highest BCUT2D eigenvalue weighted by Gasteiger charge is 2.09. The monoisotopic (exact) mass is 269 g/mol. The van der Waals surface area contributed by atoms with Gasteiger partial charge in [-0.2, -0.15) is 0 Å². The number of nitrogens with two attached hydrogens (primary N) is 1. The van der Waals surface area contributed by atoms with Crippen molar-refractivity contribution in [2.75, 3.05) is 18.6 Å². The van der Waals surface area contributed by atoms with Gasteiger partial charge in [-0.3, -0.25) is 4.79 Å². The van der Waals surface area contributed by atoms with Gasteiger partial charge >= 0.3 is 5.97 Å². The van der Waals surface area contributed by atoms with Gasteiger partial charge < -0.3 is 10.5 Å². The quantitative estimate of drug-likeness (QED) is 0.519. The fraction of sp³-hybridized carbons (Fsp3) is 0.300. The third-order valence-electron chi connectivity index (χ3n) is 2.08. The van der Waals surface area contributed by atoms with E-state index in [1.807, 2.05) is 11.4 Å². The summed E-state index contributed by atoms with van der Waals surface area (Å²) in [6.07, 6.45) is 0.358. The third-order valence-corrected chi connectivity index (χ3v) is 3.88. The molecule has 2 rings (SSSR count). The molecule has 0 aliphatic carbocycles. The number of thioether (sulfide) groups is 1. The number of nitrogen functional groups attached to an aromatic ring is 1. The molecule has 0 aliphatic heterocycles. The highest BCUT2D eigenvalue weighted by Crippen LogP contribution is 2.29. The molecular weight excluding hydrogens is 258 g/mol. The molecule has 0 fully saturated rings. The van der Waals surface area contributed by atoms with Crippen molar-refractivity contribution in [3.63, 3.8) is 0 Å². The van der Waals surface area contributed by atoms with E-state index in [0.717, 1.165) is 15.2 Å². The van der Waals surface area contributed by atoms with Crippen LogP contribution in [0.15, 0.2) is 16.5 Å². The molecule has 0 bridgehead atoms. The summed E-state index contributed by atoms with van der Waals surface area (Å²) in [5.41, 5.74) is 5.62. The number of methoxy groups -OCH3 is 1. The number of rotatable bonds is 4. The average molecular weight is 269 g/mol. The Bertz CT molecular complexity index is 541. The number of ether oxygens (including phenoxy) is 1. The maximum Gasteiger partial charge on any atom is 0.306 e. The van der Waals surface area contributed by atoms with Gasteiger partial charge in [0.2, 0.25) is 5.95 Å². The predicted molar refractivity (Wildman–Crippen MR) is 69.2 cm³/mol. The lowest BCUT2D eigenvalue weighted by atomic mass is 10.4. The standard InChI is InChI=1S/C10H11N3O2S2/c1-15-7(14)3-5-17-9-6-2-4-16-8(6)12-10(11)13-9/h2,4H,3,5H2,1H3,(H2,11,12,13). The van der Waals surface area contributed by atoms with Crippen LogP contribution in [0.3, 0.4) is 0 Å². The summed E-state index contributed by atoms with van der Waals surface area (Å²) in [7, 11) is 1.38. The lowest BCUT2D eigenvalue weighted by molar-refractivity contribution is -0.140. The van der Waals surface area contributed by atoms with E-state index < -0.39 is 0 Å². The molecule has 0 radical (unpaired) electrons. The molecule has 0 aromatic carbocycles. The molecule has 2 heterocycles. The third kappa shape index (κ3) is 2.86. The number of esters is 1. The second kappa shape index (κ2) is 5.33. The van der Waals surface area contributed by atoms with Gasteiger partial charge in [-0.15, -0.1) is 23.1 Å². The molecule has 0 saturated heterocycles. The van der Waals surface area contributed by atoms with Gasteiger partial charge in [0.1, 0.15) is 9.86 Å². The summed E-state index contributed by atoms with van der Waals surface area (Å²) in [6.45, 7) is 0. The highest BCUT2D eigenvalue weighted by atomic mass is 32.2. The molecule has 0 amide bonds. The van der Waals surface area contributed by atoms with Crippen LogP contribution in [0.1, 0.15) is 6.42 Å². The first kappa shape index (κ1) is 12.1. The Balaban J connectivity index is 2.12. The molecule has 0 spiro atoms. The van der Waals surface area contributed by atoms with Crippen molar-refractivity contribution in [2.24, 2.45) is 0 Å². The topological polar surface area (TPSA) is 78.1 Å². The van der Waals surface area contributed by atoms with Crippen LogP contribution in [0, 0.1) is 0 Å². The smallest absolute Gasteiger partial charge is 0.306 e. The van der Waals surface area contributed by atoms with Crippen molar-refractivity contribution in [3.05, 3.63) is 11.4 Å². The number of fused-ring (bicyclic) bond motifs is 1.